The molecule has 2 N–H and O–H groups in total. The molecule has 0 spiro atoms. The van der Waals surface area contributed by atoms with Gasteiger partial charge in [-0.1, -0.05) is 15.9 Å². The van der Waals surface area contributed by atoms with Crippen molar-refractivity contribution >= 4 is 46.1 Å². The Morgan fingerprint density at radius 1 is 1.53 bits per heavy atom. The maximum atomic E-state index is 12.0. The third-order valence-corrected chi connectivity index (χ3v) is 3.09. The molecule has 0 aliphatic rings. The topological polar surface area (TPSA) is 82.0 Å². The molecule has 0 aromatic heterocycles. The number of carbonyl (C=O) groups excluding carboxylic acids is 2. The lowest BCUT2D eigenvalue weighted by molar-refractivity contribution is -0.124. The summed E-state index contributed by atoms with van der Waals surface area (Å²) in [5.41, 5.74) is 0.733. The van der Waals surface area contributed by atoms with Gasteiger partial charge < -0.3 is 10.6 Å². The molecule has 1 aromatic carbocycles. The van der Waals surface area contributed by atoms with Gasteiger partial charge in [-0.05, 0) is 18.2 Å². The highest BCUT2D eigenvalue weighted by atomic mass is 79.9. The molecule has 1 rings (SSSR count). The van der Waals surface area contributed by atoms with Crippen molar-refractivity contribution < 1.29 is 9.59 Å². The number of rotatable bonds is 4. The lowest BCUT2D eigenvalue weighted by Gasteiger charge is -2.16. The van der Waals surface area contributed by atoms with Gasteiger partial charge in [0.05, 0.1) is 11.3 Å². The lowest BCUT2D eigenvalue weighted by Crippen LogP contribution is -2.44. The summed E-state index contributed by atoms with van der Waals surface area (Å²) >= 11 is 7.28. The molecule has 0 saturated carbocycles. The van der Waals surface area contributed by atoms with Crippen molar-refractivity contribution in [1.29, 1.82) is 5.26 Å². The summed E-state index contributed by atoms with van der Waals surface area (Å²) in [7, 11) is 0. The van der Waals surface area contributed by atoms with Crippen LogP contribution < -0.4 is 10.6 Å². The van der Waals surface area contributed by atoms with Crippen molar-refractivity contribution in [2.75, 3.05) is 11.1 Å². The fourth-order valence-electron chi connectivity index (χ4n) is 1.38. The van der Waals surface area contributed by atoms with Gasteiger partial charge in [0.2, 0.25) is 11.8 Å². The van der Waals surface area contributed by atoms with E-state index < -0.39 is 11.9 Å². The fourth-order valence-corrected chi connectivity index (χ4v) is 1.99. The maximum Gasteiger partial charge on any atom is 0.247 e. The van der Waals surface area contributed by atoms with Crippen molar-refractivity contribution in [1.82, 2.24) is 5.32 Å². The SMILES string of the molecule is CC(=O)NC(CS)C(=O)Nc1cc(Br)ccc1C#N. The van der Waals surface area contributed by atoms with Crippen LogP contribution in [0, 0.1) is 11.3 Å². The number of hydrogen-bond donors (Lipinski definition) is 3. The Bertz CT molecular complexity index is 542. The van der Waals surface area contributed by atoms with Crippen LogP contribution >= 0.6 is 28.6 Å². The van der Waals surface area contributed by atoms with E-state index in [2.05, 4.69) is 39.2 Å². The fraction of sp³-hybridized carbons (Fsp3) is 0.250. The van der Waals surface area contributed by atoms with Gasteiger partial charge in [-0.15, -0.1) is 0 Å². The minimum Gasteiger partial charge on any atom is -0.344 e. The number of benzene rings is 1. The van der Waals surface area contributed by atoms with Crippen LogP contribution in [0.1, 0.15) is 12.5 Å². The van der Waals surface area contributed by atoms with E-state index in [1.54, 1.807) is 18.2 Å². The van der Waals surface area contributed by atoms with Crippen molar-refractivity contribution in [3.8, 4) is 6.07 Å². The second kappa shape index (κ2) is 7.16. The summed E-state index contributed by atoms with van der Waals surface area (Å²) in [4.78, 5) is 22.9. The Balaban J connectivity index is 2.89. The number of anilines is 1. The summed E-state index contributed by atoms with van der Waals surface area (Å²) in [5, 5.41) is 14.0. The van der Waals surface area contributed by atoms with Gasteiger partial charge >= 0.3 is 0 Å². The predicted octanol–water partition coefficient (Wildman–Crippen LogP) is 1.69. The van der Waals surface area contributed by atoms with Gasteiger partial charge in [-0.25, -0.2) is 0 Å². The molecular weight excluding hydrogens is 330 g/mol. The summed E-state index contributed by atoms with van der Waals surface area (Å²) in [6.07, 6.45) is 0. The quantitative estimate of drug-likeness (QED) is 0.729. The Hall–Kier alpha value is -1.52. The minimum absolute atomic E-state index is 0.168. The minimum atomic E-state index is -0.744. The first-order chi connectivity index (χ1) is 8.97. The number of carbonyl (C=O) groups is 2. The molecule has 0 saturated heterocycles. The molecule has 1 atom stereocenters. The average Bonchev–Trinajstić information content (AvgIpc) is 2.35. The van der Waals surface area contributed by atoms with E-state index in [-0.39, 0.29) is 11.7 Å². The molecule has 0 heterocycles. The van der Waals surface area contributed by atoms with Crippen LogP contribution in [0.2, 0.25) is 0 Å². The van der Waals surface area contributed by atoms with Gasteiger partial charge in [0.15, 0.2) is 0 Å². The van der Waals surface area contributed by atoms with Crippen LogP contribution in [0.4, 0.5) is 5.69 Å². The van der Waals surface area contributed by atoms with E-state index >= 15 is 0 Å². The molecule has 0 fully saturated rings. The van der Waals surface area contributed by atoms with Gasteiger partial charge in [0, 0.05) is 17.1 Å². The van der Waals surface area contributed by atoms with Crippen molar-refractivity contribution in [3.05, 3.63) is 28.2 Å². The third kappa shape index (κ3) is 4.58. The van der Waals surface area contributed by atoms with Crippen LogP contribution in [0.15, 0.2) is 22.7 Å². The van der Waals surface area contributed by atoms with Crippen LogP contribution in [0.25, 0.3) is 0 Å². The zero-order valence-electron chi connectivity index (χ0n) is 10.1. The summed E-state index contributed by atoms with van der Waals surface area (Å²) in [5.74, 6) is -0.565. The monoisotopic (exact) mass is 341 g/mol. The predicted molar refractivity (Wildman–Crippen MR) is 78.9 cm³/mol. The highest BCUT2D eigenvalue weighted by molar-refractivity contribution is 9.10. The standard InChI is InChI=1S/C12H12BrN3O2S/c1-7(17)15-11(6-19)12(18)16-10-4-9(13)3-2-8(10)5-14/h2-4,11,19H,6H2,1H3,(H,15,17)(H,16,18). The number of nitrogens with zero attached hydrogens (tertiary/aromatic N) is 1. The van der Waals surface area contributed by atoms with Crippen LogP contribution in [0.5, 0.6) is 0 Å². The van der Waals surface area contributed by atoms with Gasteiger partial charge in [-0.2, -0.15) is 17.9 Å². The molecule has 19 heavy (non-hydrogen) atoms. The molecular formula is C12H12BrN3O2S. The Morgan fingerprint density at radius 3 is 2.74 bits per heavy atom. The van der Waals surface area contributed by atoms with Crippen LogP contribution in [0.3, 0.4) is 0 Å². The Morgan fingerprint density at radius 2 is 2.21 bits per heavy atom. The second-order valence-corrected chi connectivity index (χ2v) is 5.01. The van der Waals surface area contributed by atoms with Crippen molar-refractivity contribution in [2.24, 2.45) is 0 Å². The number of amides is 2. The number of thiol groups is 1. The number of hydrogen-bond acceptors (Lipinski definition) is 4. The van der Waals surface area contributed by atoms with E-state index in [0.29, 0.717) is 11.3 Å². The highest BCUT2D eigenvalue weighted by Gasteiger charge is 2.18. The smallest absolute Gasteiger partial charge is 0.247 e. The van der Waals surface area contributed by atoms with E-state index in [9.17, 15) is 9.59 Å². The zero-order chi connectivity index (χ0) is 14.4. The molecule has 1 unspecified atom stereocenters. The average molecular weight is 342 g/mol. The first kappa shape index (κ1) is 15.5. The van der Waals surface area contributed by atoms with Crippen molar-refractivity contribution in [2.45, 2.75) is 13.0 Å². The lowest BCUT2D eigenvalue weighted by atomic mass is 10.2. The number of halogens is 1. The third-order valence-electron chi connectivity index (χ3n) is 2.24. The molecule has 0 aliphatic heterocycles. The molecule has 100 valence electrons. The molecule has 0 radical (unpaired) electrons. The van der Waals surface area contributed by atoms with E-state index in [4.69, 9.17) is 5.26 Å². The normalized spacial score (nSPS) is 11.3. The van der Waals surface area contributed by atoms with Gasteiger partial charge in [0.25, 0.3) is 0 Å². The molecule has 1 aromatic rings. The van der Waals surface area contributed by atoms with Gasteiger partial charge in [-0.3, -0.25) is 9.59 Å². The van der Waals surface area contributed by atoms with E-state index in [1.807, 2.05) is 6.07 Å². The largest absolute Gasteiger partial charge is 0.344 e. The van der Waals surface area contributed by atoms with Gasteiger partial charge in [0.1, 0.15) is 12.1 Å². The molecule has 5 nitrogen and oxygen atoms in total. The first-order valence-corrected chi connectivity index (χ1v) is 6.79. The molecule has 0 bridgehead atoms. The second-order valence-electron chi connectivity index (χ2n) is 3.73. The number of nitrogens with one attached hydrogen (secondary N) is 2. The zero-order valence-corrected chi connectivity index (χ0v) is 12.6. The first-order valence-electron chi connectivity index (χ1n) is 5.36. The summed E-state index contributed by atoms with van der Waals surface area (Å²) in [6, 6.07) is 6.16. The summed E-state index contributed by atoms with van der Waals surface area (Å²) < 4.78 is 0.740. The maximum absolute atomic E-state index is 12.0. The molecule has 0 aliphatic carbocycles. The Kier molecular flexibility index (Phi) is 5.86. The van der Waals surface area contributed by atoms with Crippen LogP contribution in [-0.2, 0) is 9.59 Å². The summed E-state index contributed by atoms with van der Waals surface area (Å²) in [6.45, 7) is 1.32. The van der Waals surface area contributed by atoms with E-state index in [1.165, 1.54) is 6.92 Å². The van der Waals surface area contributed by atoms with Crippen LogP contribution in [-0.4, -0.2) is 23.6 Å². The number of nitriles is 1. The Labute approximate surface area is 124 Å². The molecule has 7 heteroatoms. The molecule has 2 amide bonds. The van der Waals surface area contributed by atoms with E-state index in [0.717, 1.165) is 4.47 Å². The van der Waals surface area contributed by atoms with Crippen molar-refractivity contribution in [3.63, 3.8) is 0 Å². The highest BCUT2D eigenvalue weighted by Crippen LogP contribution is 2.21.